The van der Waals surface area contributed by atoms with Crippen LogP contribution >= 0.6 is 0 Å². The van der Waals surface area contributed by atoms with Crippen molar-refractivity contribution in [1.82, 2.24) is 14.9 Å². The van der Waals surface area contributed by atoms with Gasteiger partial charge in [0, 0.05) is 19.6 Å². The van der Waals surface area contributed by atoms with Crippen molar-refractivity contribution in [3.63, 3.8) is 0 Å². The summed E-state index contributed by atoms with van der Waals surface area (Å²) in [6.45, 7) is 3.20. The van der Waals surface area contributed by atoms with Gasteiger partial charge in [-0.2, -0.15) is 15.0 Å². The Morgan fingerprint density at radius 1 is 1.45 bits per heavy atom. The van der Waals surface area contributed by atoms with E-state index >= 15 is 0 Å². The van der Waals surface area contributed by atoms with Gasteiger partial charge >= 0.3 is 6.09 Å². The molecule has 118 valence electrons. The summed E-state index contributed by atoms with van der Waals surface area (Å²) in [6.07, 6.45) is 2.31. The Bertz CT molecular complexity index is 598. The Balaban J connectivity index is 1.97. The molecule has 0 aromatic carbocycles. The van der Waals surface area contributed by atoms with Crippen LogP contribution in [0, 0.1) is 0 Å². The first kappa shape index (κ1) is 14.5. The Labute approximate surface area is 126 Å². The van der Waals surface area contributed by atoms with Crippen LogP contribution in [-0.4, -0.2) is 75.1 Å². The van der Waals surface area contributed by atoms with E-state index in [0.29, 0.717) is 12.5 Å². The number of rotatable bonds is 1. The third kappa shape index (κ3) is 2.53. The largest absolute Gasteiger partial charge is 0.465 e. The van der Waals surface area contributed by atoms with Gasteiger partial charge in [-0.05, 0) is 13.3 Å². The van der Waals surface area contributed by atoms with Crippen molar-refractivity contribution in [3.05, 3.63) is 12.2 Å². The van der Waals surface area contributed by atoms with E-state index in [1.807, 2.05) is 11.0 Å². The van der Waals surface area contributed by atoms with Crippen LogP contribution in [0.4, 0.5) is 4.79 Å². The third-order valence-corrected chi connectivity index (χ3v) is 3.32. The number of guanidine groups is 3. The Morgan fingerprint density at radius 2 is 2.27 bits per heavy atom. The molecule has 10 nitrogen and oxygen atoms in total. The lowest BCUT2D eigenvalue weighted by atomic mass is 10.2. The molecule has 0 saturated heterocycles. The predicted molar refractivity (Wildman–Crippen MR) is 77.0 cm³/mol. The van der Waals surface area contributed by atoms with E-state index in [4.69, 9.17) is 4.84 Å². The fraction of sp³-hybridized carbons (Fsp3) is 0.500. The minimum Gasteiger partial charge on any atom is -0.465 e. The second-order valence-corrected chi connectivity index (χ2v) is 4.71. The number of aliphatic hydroxyl groups excluding tert-OH is 1. The van der Waals surface area contributed by atoms with E-state index in [0.717, 1.165) is 22.9 Å². The number of nitrogens with zero attached hydrogens (tertiary/aromatic N) is 6. The van der Waals surface area contributed by atoms with Gasteiger partial charge in [0.2, 0.25) is 11.9 Å². The predicted octanol–water partition coefficient (Wildman–Crippen LogP) is -0.147. The minimum atomic E-state index is -1.42. The number of hydroxylamine groups is 2. The van der Waals surface area contributed by atoms with Gasteiger partial charge in [-0.1, -0.05) is 12.2 Å². The summed E-state index contributed by atoms with van der Waals surface area (Å²) in [4.78, 5) is 31.7. The molecule has 1 amide bonds. The van der Waals surface area contributed by atoms with Crippen LogP contribution in [0.2, 0.25) is 0 Å². The monoisotopic (exact) mass is 308 g/mol. The van der Waals surface area contributed by atoms with Crippen LogP contribution in [0.15, 0.2) is 27.1 Å². The van der Waals surface area contributed by atoms with E-state index in [2.05, 4.69) is 21.1 Å². The highest BCUT2D eigenvalue weighted by Crippen LogP contribution is 2.19. The average molecular weight is 308 g/mol. The van der Waals surface area contributed by atoms with Crippen molar-refractivity contribution in [2.24, 2.45) is 15.0 Å². The van der Waals surface area contributed by atoms with Crippen molar-refractivity contribution in [2.45, 2.75) is 19.8 Å². The molecule has 1 atom stereocenters. The van der Waals surface area contributed by atoms with E-state index in [-0.39, 0.29) is 18.5 Å². The number of aliphatic imine (C=N–C) groups is 3. The molecular weight excluding hydrogens is 292 g/mol. The molecule has 0 saturated carbocycles. The second kappa shape index (κ2) is 5.73. The maximum Gasteiger partial charge on any atom is 0.414 e. The lowest BCUT2D eigenvalue weighted by Gasteiger charge is -2.31. The summed E-state index contributed by atoms with van der Waals surface area (Å²) in [5.41, 5.74) is 0. The molecule has 0 bridgehead atoms. The molecule has 22 heavy (non-hydrogen) atoms. The van der Waals surface area contributed by atoms with Crippen LogP contribution in [0.25, 0.3) is 0 Å². The molecule has 1 unspecified atom stereocenters. The summed E-state index contributed by atoms with van der Waals surface area (Å²) >= 11 is 0. The molecule has 0 aromatic heterocycles. The zero-order valence-corrected chi connectivity index (χ0v) is 12.0. The van der Waals surface area contributed by atoms with Gasteiger partial charge in [-0.25, -0.2) is 14.5 Å². The van der Waals surface area contributed by atoms with Crippen molar-refractivity contribution >= 4 is 24.0 Å². The van der Waals surface area contributed by atoms with Gasteiger partial charge in [0.15, 0.2) is 0 Å². The summed E-state index contributed by atoms with van der Waals surface area (Å²) < 4.78 is 0. The molecule has 3 aliphatic heterocycles. The Hall–Kier alpha value is -2.46. The van der Waals surface area contributed by atoms with E-state index in [1.165, 1.54) is 0 Å². The number of aliphatic hydroxyl groups is 1. The van der Waals surface area contributed by atoms with E-state index in [1.54, 1.807) is 6.92 Å². The average Bonchev–Trinajstić information content (AvgIpc) is 2.88. The molecule has 0 radical (unpaired) electrons. The number of carbonyl (C=O) groups is 1. The highest BCUT2D eigenvalue weighted by molar-refractivity contribution is 6.14. The molecule has 10 heteroatoms. The summed E-state index contributed by atoms with van der Waals surface area (Å²) in [6, 6.07) is 0. The SMILES string of the molecule is CCN(C(=O)O)C1=NC(N2CC=CCC2)=NC2=NC(O)ON21. The highest BCUT2D eigenvalue weighted by atomic mass is 16.8. The first-order valence-corrected chi connectivity index (χ1v) is 6.90. The first-order chi connectivity index (χ1) is 10.6. The van der Waals surface area contributed by atoms with Gasteiger partial charge in [0.05, 0.1) is 0 Å². The van der Waals surface area contributed by atoms with Gasteiger partial charge in [0.1, 0.15) is 0 Å². The highest BCUT2D eigenvalue weighted by Gasteiger charge is 2.38. The number of hydrogen-bond acceptors (Lipinski definition) is 8. The molecule has 0 aromatic rings. The van der Waals surface area contributed by atoms with Gasteiger partial charge in [-0.3, -0.25) is 0 Å². The van der Waals surface area contributed by atoms with Crippen LogP contribution in [0.3, 0.4) is 0 Å². The smallest absolute Gasteiger partial charge is 0.414 e. The van der Waals surface area contributed by atoms with Crippen LogP contribution in [0.5, 0.6) is 0 Å². The van der Waals surface area contributed by atoms with Crippen molar-refractivity contribution in [2.75, 3.05) is 19.6 Å². The maximum absolute atomic E-state index is 11.4. The van der Waals surface area contributed by atoms with Crippen LogP contribution in [-0.2, 0) is 4.84 Å². The Morgan fingerprint density at radius 3 is 2.91 bits per heavy atom. The molecule has 3 rings (SSSR count). The molecule has 3 heterocycles. The van der Waals surface area contributed by atoms with Crippen LogP contribution in [0.1, 0.15) is 13.3 Å². The van der Waals surface area contributed by atoms with Gasteiger partial charge < -0.3 is 15.1 Å². The lowest BCUT2D eigenvalue weighted by Crippen LogP contribution is -2.51. The topological polar surface area (TPSA) is 114 Å². The number of carboxylic acid groups (broad SMARTS) is 1. The zero-order valence-electron chi connectivity index (χ0n) is 12.0. The maximum atomic E-state index is 11.4. The minimum absolute atomic E-state index is 0.0184. The standard InChI is InChI=1S/C12H16N6O4/c1-2-17(12(20)21)10-14-8(16-6-4-3-5-7-16)13-9-15-11(19)22-18(9)10/h3-4,11,19H,2,5-7H2,1H3,(H,20,21). The molecule has 0 spiro atoms. The van der Waals surface area contributed by atoms with Crippen LogP contribution < -0.4 is 0 Å². The van der Waals surface area contributed by atoms with E-state index < -0.39 is 12.5 Å². The molecule has 0 aliphatic carbocycles. The molecular formula is C12H16N6O4. The molecule has 3 aliphatic rings. The fourth-order valence-electron chi connectivity index (χ4n) is 2.27. The van der Waals surface area contributed by atoms with Gasteiger partial charge in [-0.15, -0.1) is 5.06 Å². The van der Waals surface area contributed by atoms with Crippen molar-refractivity contribution in [1.29, 1.82) is 0 Å². The Kier molecular flexibility index (Phi) is 3.77. The second-order valence-electron chi connectivity index (χ2n) is 4.71. The molecule has 2 N–H and O–H groups in total. The summed E-state index contributed by atoms with van der Waals surface area (Å²) in [5.74, 6) is 0.457. The third-order valence-electron chi connectivity index (χ3n) is 3.32. The molecule has 0 fully saturated rings. The zero-order chi connectivity index (χ0) is 15.7. The first-order valence-electron chi connectivity index (χ1n) is 6.90. The summed E-state index contributed by atoms with van der Waals surface area (Å²) in [5, 5.41) is 19.8. The van der Waals surface area contributed by atoms with Crippen molar-refractivity contribution < 1.29 is 19.8 Å². The number of amides is 1. The number of hydrogen-bond donors (Lipinski definition) is 2. The quantitative estimate of drug-likeness (QED) is 0.651. The lowest BCUT2D eigenvalue weighted by molar-refractivity contribution is -0.173. The van der Waals surface area contributed by atoms with Gasteiger partial charge in [0.25, 0.3) is 12.4 Å². The normalized spacial score (nSPS) is 23.7. The van der Waals surface area contributed by atoms with E-state index in [9.17, 15) is 15.0 Å². The fourth-order valence-corrected chi connectivity index (χ4v) is 2.27. The summed E-state index contributed by atoms with van der Waals surface area (Å²) in [7, 11) is 0. The van der Waals surface area contributed by atoms with Crippen molar-refractivity contribution in [3.8, 4) is 0 Å². The number of fused-ring (bicyclic) bond motifs is 1.